The van der Waals surface area contributed by atoms with E-state index in [-0.39, 0.29) is 9.85 Å². The molecule has 4 heteroatoms. The van der Waals surface area contributed by atoms with Gasteiger partial charge in [-0.15, -0.1) is 0 Å². The zero-order chi connectivity index (χ0) is 13.3. The summed E-state index contributed by atoms with van der Waals surface area (Å²) in [7, 11) is 0. The van der Waals surface area contributed by atoms with E-state index in [0.717, 1.165) is 23.3 Å². The highest BCUT2D eigenvalue weighted by Crippen LogP contribution is 2.36. The quantitative estimate of drug-likeness (QED) is 0.510. The Bertz CT molecular complexity index is 567. The molecule has 94 valence electrons. The highest BCUT2D eigenvalue weighted by Gasteiger charge is 2.16. The van der Waals surface area contributed by atoms with Crippen molar-refractivity contribution < 1.29 is 8.78 Å². The first-order valence-corrected chi connectivity index (χ1v) is 6.63. The molecule has 0 radical (unpaired) electrons. The molecule has 0 heterocycles. The Morgan fingerprint density at radius 2 is 1.61 bits per heavy atom. The molecule has 0 aliphatic carbocycles. The molecule has 0 aromatic heterocycles. The number of rotatable bonds is 2. The molecule has 0 aliphatic heterocycles. The van der Waals surface area contributed by atoms with Gasteiger partial charge in [-0.05, 0) is 30.2 Å². The lowest BCUT2D eigenvalue weighted by Gasteiger charge is -2.13. The molecule has 0 N–H and O–H groups in total. The van der Waals surface area contributed by atoms with Gasteiger partial charge in [-0.1, -0.05) is 57.4 Å². The minimum Gasteiger partial charge on any atom is -0.204 e. The third kappa shape index (κ3) is 2.73. The van der Waals surface area contributed by atoms with E-state index in [4.69, 9.17) is 11.6 Å². The predicted octanol–water partition coefficient (Wildman–Crippen LogP) is 5.41. The summed E-state index contributed by atoms with van der Waals surface area (Å²) < 4.78 is 26.2. The molecule has 0 nitrogen and oxygen atoms in total. The predicted molar refractivity (Wildman–Crippen MR) is 73.3 cm³/mol. The Morgan fingerprint density at radius 1 is 1.06 bits per heavy atom. The number of alkyl halides is 1. The normalized spacial score (nSPS) is 12.5. The van der Waals surface area contributed by atoms with E-state index < -0.39 is 11.6 Å². The molecule has 2 rings (SSSR count). The molecule has 0 aliphatic rings. The van der Waals surface area contributed by atoms with Gasteiger partial charge >= 0.3 is 0 Å². The Kier molecular flexibility index (Phi) is 4.03. The monoisotopic (exact) mass is 330 g/mol. The van der Waals surface area contributed by atoms with Crippen LogP contribution < -0.4 is 0 Å². The second-order valence-electron chi connectivity index (χ2n) is 4.06. The van der Waals surface area contributed by atoms with E-state index in [2.05, 4.69) is 15.9 Å². The van der Waals surface area contributed by atoms with Crippen LogP contribution in [0.5, 0.6) is 0 Å². The smallest absolute Gasteiger partial charge is 0.160 e. The van der Waals surface area contributed by atoms with Crippen LogP contribution in [0, 0.1) is 18.6 Å². The Balaban J connectivity index is 2.42. The lowest BCUT2D eigenvalue weighted by atomic mass is 10.0. The van der Waals surface area contributed by atoms with Gasteiger partial charge in [-0.2, -0.15) is 0 Å². The number of benzene rings is 2. The summed E-state index contributed by atoms with van der Waals surface area (Å²) in [6.07, 6.45) is 0. The molecule has 0 amide bonds. The molecule has 0 fully saturated rings. The topological polar surface area (TPSA) is 0 Å². The van der Waals surface area contributed by atoms with Crippen molar-refractivity contribution in [2.24, 2.45) is 0 Å². The van der Waals surface area contributed by atoms with Crippen LogP contribution in [0.1, 0.15) is 21.5 Å². The van der Waals surface area contributed by atoms with Crippen LogP contribution in [0.15, 0.2) is 36.4 Å². The SMILES string of the molecule is Cc1ccc(C(Br)c2cc(F)c(F)cc2Cl)cc1. The highest BCUT2D eigenvalue weighted by atomic mass is 79.9. The van der Waals surface area contributed by atoms with Gasteiger partial charge in [-0.25, -0.2) is 8.78 Å². The molecule has 2 aromatic carbocycles. The number of hydrogen-bond donors (Lipinski definition) is 0. The van der Waals surface area contributed by atoms with Gasteiger partial charge in [0.05, 0.1) is 4.83 Å². The second kappa shape index (κ2) is 5.37. The minimum absolute atomic E-state index is 0.205. The molecular formula is C14H10BrClF2. The van der Waals surface area contributed by atoms with Gasteiger partial charge in [0.25, 0.3) is 0 Å². The Morgan fingerprint density at radius 3 is 2.22 bits per heavy atom. The van der Waals surface area contributed by atoms with E-state index in [1.807, 2.05) is 31.2 Å². The highest BCUT2D eigenvalue weighted by molar-refractivity contribution is 9.09. The minimum atomic E-state index is -0.938. The third-order valence-electron chi connectivity index (χ3n) is 2.68. The van der Waals surface area contributed by atoms with Crippen molar-refractivity contribution in [2.45, 2.75) is 11.8 Å². The maximum Gasteiger partial charge on any atom is 0.160 e. The summed E-state index contributed by atoms with van der Waals surface area (Å²) in [5.41, 5.74) is 2.59. The standard InChI is InChI=1S/C14H10BrClF2/c1-8-2-4-9(5-3-8)14(15)10-6-12(17)13(18)7-11(10)16/h2-7,14H,1H3. The molecule has 18 heavy (non-hydrogen) atoms. The van der Waals surface area contributed by atoms with Gasteiger partial charge in [0.15, 0.2) is 11.6 Å². The zero-order valence-corrected chi connectivity index (χ0v) is 11.9. The van der Waals surface area contributed by atoms with E-state index in [9.17, 15) is 8.78 Å². The lowest BCUT2D eigenvalue weighted by Crippen LogP contribution is -1.97. The van der Waals surface area contributed by atoms with Crippen molar-refractivity contribution in [1.82, 2.24) is 0 Å². The first-order chi connectivity index (χ1) is 8.49. The molecule has 1 unspecified atom stereocenters. The fourth-order valence-electron chi connectivity index (χ4n) is 1.65. The molecule has 0 saturated carbocycles. The largest absolute Gasteiger partial charge is 0.204 e. The fraction of sp³-hybridized carbons (Fsp3) is 0.143. The van der Waals surface area contributed by atoms with Gasteiger partial charge in [0.1, 0.15) is 0 Å². The maximum atomic E-state index is 13.2. The molecule has 2 aromatic rings. The summed E-state index contributed by atoms with van der Waals surface area (Å²) in [5, 5.41) is 0.205. The van der Waals surface area contributed by atoms with Crippen LogP contribution in [-0.2, 0) is 0 Å². The van der Waals surface area contributed by atoms with E-state index >= 15 is 0 Å². The molecule has 0 saturated heterocycles. The number of aryl methyl sites for hydroxylation is 1. The summed E-state index contributed by atoms with van der Waals surface area (Å²) in [6.45, 7) is 1.98. The van der Waals surface area contributed by atoms with Gasteiger partial charge in [0.2, 0.25) is 0 Å². The van der Waals surface area contributed by atoms with Crippen molar-refractivity contribution in [3.63, 3.8) is 0 Å². The number of hydrogen-bond acceptors (Lipinski definition) is 0. The van der Waals surface area contributed by atoms with Crippen molar-refractivity contribution in [2.75, 3.05) is 0 Å². The van der Waals surface area contributed by atoms with Crippen LogP contribution >= 0.6 is 27.5 Å². The van der Waals surface area contributed by atoms with Crippen molar-refractivity contribution in [3.8, 4) is 0 Å². The van der Waals surface area contributed by atoms with Gasteiger partial charge in [-0.3, -0.25) is 0 Å². The van der Waals surface area contributed by atoms with E-state index in [1.54, 1.807) is 0 Å². The van der Waals surface area contributed by atoms with Gasteiger partial charge < -0.3 is 0 Å². The average molecular weight is 332 g/mol. The fourth-order valence-corrected chi connectivity index (χ4v) is 2.72. The lowest BCUT2D eigenvalue weighted by molar-refractivity contribution is 0.507. The number of halogens is 4. The van der Waals surface area contributed by atoms with Crippen LogP contribution in [0.4, 0.5) is 8.78 Å². The van der Waals surface area contributed by atoms with Crippen LogP contribution in [0.3, 0.4) is 0 Å². The first kappa shape index (κ1) is 13.5. The van der Waals surface area contributed by atoms with Crippen molar-refractivity contribution in [1.29, 1.82) is 0 Å². The second-order valence-corrected chi connectivity index (χ2v) is 5.38. The van der Waals surface area contributed by atoms with E-state index in [1.165, 1.54) is 0 Å². The zero-order valence-electron chi connectivity index (χ0n) is 9.55. The summed E-state index contributed by atoms with van der Waals surface area (Å²) in [6, 6.07) is 9.87. The molecule has 0 spiro atoms. The average Bonchev–Trinajstić information content (AvgIpc) is 2.34. The summed E-state index contributed by atoms with van der Waals surface area (Å²) >= 11 is 9.40. The molecule has 0 bridgehead atoms. The molecule has 1 atom stereocenters. The van der Waals surface area contributed by atoms with Crippen molar-refractivity contribution >= 4 is 27.5 Å². The Hall–Kier alpha value is -0.930. The third-order valence-corrected chi connectivity index (χ3v) is 4.03. The van der Waals surface area contributed by atoms with E-state index in [0.29, 0.717) is 5.56 Å². The first-order valence-electron chi connectivity index (χ1n) is 5.34. The van der Waals surface area contributed by atoms with Gasteiger partial charge in [0, 0.05) is 5.02 Å². The van der Waals surface area contributed by atoms with Crippen LogP contribution in [0.2, 0.25) is 5.02 Å². The van der Waals surface area contributed by atoms with Crippen molar-refractivity contribution in [3.05, 3.63) is 69.7 Å². The van der Waals surface area contributed by atoms with Crippen LogP contribution in [-0.4, -0.2) is 0 Å². The maximum absolute atomic E-state index is 13.2. The van der Waals surface area contributed by atoms with Crippen LogP contribution in [0.25, 0.3) is 0 Å². The Labute approximate surface area is 118 Å². The summed E-state index contributed by atoms with van der Waals surface area (Å²) in [5.74, 6) is -1.83. The summed E-state index contributed by atoms with van der Waals surface area (Å²) in [4.78, 5) is -0.263. The molecular weight excluding hydrogens is 322 g/mol.